The van der Waals surface area contributed by atoms with Gasteiger partial charge in [0, 0.05) is 11.6 Å². The number of aliphatic hydroxyl groups is 1. The first kappa shape index (κ1) is 24.8. The van der Waals surface area contributed by atoms with Gasteiger partial charge in [-0.1, -0.05) is 72.3 Å². The highest BCUT2D eigenvalue weighted by atomic mass is 32.2. The molecule has 0 aliphatic carbocycles. The van der Waals surface area contributed by atoms with Gasteiger partial charge in [-0.05, 0) is 55.0 Å². The van der Waals surface area contributed by atoms with Gasteiger partial charge in [-0.3, -0.25) is 4.18 Å². The van der Waals surface area contributed by atoms with Gasteiger partial charge in [0.2, 0.25) is 0 Å². The minimum atomic E-state index is -4.03. The summed E-state index contributed by atoms with van der Waals surface area (Å²) < 4.78 is 38.9. The number of hydrogen-bond donors (Lipinski definition) is 1. The van der Waals surface area contributed by atoms with E-state index in [1.807, 2.05) is 103 Å². The number of ether oxygens (including phenoxy) is 1. The number of hydrogen-bond acceptors (Lipinski definition) is 5. The standard InChI is InChI=1S/C30H27NO5S/c1-22-15-17-25(18-16-22)37(33,34)35-21-28(32)30(23-9-4-2-5-10-23)31-20-19-26-27(31)13-8-14-29(26)36-24-11-6-3-7-12-24/h2-20,28,30,32H,21H2,1H3/t28-,30+/m1/s1. The van der Waals surface area contributed by atoms with Crippen LogP contribution >= 0.6 is 0 Å². The number of nitrogens with zero attached hydrogens (tertiary/aromatic N) is 1. The zero-order valence-electron chi connectivity index (χ0n) is 20.3. The van der Waals surface area contributed by atoms with E-state index < -0.39 is 28.9 Å². The number of para-hydroxylation sites is 1. The number of aliphatic hydroxyl groups excluding tert-OH is 1. The van der Waals surface area contributed by atoms with Crippen molar-refractivity contribution in [1.82, 2.24) is 4.57 Å². The van der Waals surface area contributed by atoms with E-state index in [0.29, 0.717) is 5.75 Å². The van der Waals surface area contributed by atoms with Crippen LogP contribution in [0.25, 0.3) is 10.9 Å². The van der Waals surface area contributed by atoms with Crippen molar-refractivity contribution in [1.29, 1.82) is 0 Å². The third-order valence-electron chi connectivity index (χ3n) is 6.20. The lowest BCUT2D eigenvalue weighted by molar-refractivity contribution is 0.0785. The first-order valence-electron chi connectivity index (χ1n) is 11.9. The lowest BCUT2D eigenvalue weighted by atomic mass is 10.0. The first-order valence-corrected chi connectivity index (χ1v) is 13.3. The molecule has 0 radical (unpaired) electrons. The van der Waals surface area contributed by atoms with Crippen molar-refractivity contribution in [2.75, 3.05) is 6.61 Å². The van der Waals surface area contributed by atoms with Crippen molar-refractivity contribution in [2.45, 2.75) is 24.0 Å². The molecule has 0 amide bonds. The summed E-state index contributed by atoms with van der Waals surface area (Å²) in [5, 5.41) is 12.2. The van der Waals surface area contributed by atoms with Crippen LogP contribution in [-0.2, 0) is 14.3 Å². The lowest BCUT2D eigenvalue weighted by Gasteiger charge is -2.26. The molecule has 188 valence electrons. The molecule has 0 fully saturated rings. The van der Waals surface area contributed by atoms with Crippen LogP contribution in [0.15, 0.2) is 120 Å². The average Bonchev–Trinajstić information content (AvgIpc) is 3.34. The van der Waals surface area contributed by atoms with E-state index in [4.69, 9.17) is 8.92 Å². The molecule has 0 aliphatic rings. The summed E-state index contributed by atoms with van der Waals surface area (Å²) in [6, 6.07) is 32.5. The van der Waals surface area contributed by atoms with E-state index in [1.54, 1.807) is 12.1 Å². The maximum absolute atomic E-state index is 12.8. The second-order valence-corrected chi connectivity index (χ2v) is 10.4. The van der Waals surface area contributed by atoms with Gasteiger partial charge in [0.1, 0.15) is 17.6 Å². The van der Waals surface area contributed by atoms with Gasteiger partial charge in [0.25, 0.3) is 10.1 Å². The molecule has 1 aromatic heterocycles. The number of aryl methyl sites for hydroxylation is 1. The van der Waals surface area contributed by atoms with Gasteiger partial charge in [0.15, 0.2) is 0 Å². The number of rotatable bonds is 9. The molecule has 1 heterocycles. The molecule has 0 bridgehead atoms. The van der Waals surface area contributed by atoms with Crippen LogP contribution in [0, 0.1) is 6.92 Å². The quantitative estimate of drug-likeness (QED) is 0.241. The van der Waals surface area contributed by atoms with Crippen LogP contribution in [-0.4, -0.2) is 30.8 Å². The Morgan fingerprint density at radius 1 is 0.811 bits per heavy atom. The molecule has 37 heavy (non-hydrogen) atoms. The predicted octanol–water partition coefficient (Wildman–Crippen LogP) is 6.10. The van der Waals surface area contributed by atoms with E-state index in [-0.39, 0.29) is 4.90 Å². The smallest absolute Gasteiger partial charge is 0.297 e. The SMILES string of the molecule is Cc1ccc(S(=O)(=O)OC[C@@H](O)[C@H](c2ccccc2)n2ccc3c(Oc4ccccc4)cccc32)cc1. The van der Waals surface area contributed by atoms with Crippen LogP contribution in [0.3, 0.4) is 0 Å². The zero-order valence-corrected chi connectivity index (χ0v) is 21.1. The maximum atomic E-state index is 12.8. The Kier molecular flexibility index (Phi) is 7.10. The van der Waals surface area contributed by atoms with Gasteiger partial charge < -0.3 is 14.4 Å². The van der Waals surface area contributed by atoms with E-state index in [0.717, 1.165) is 27.8 Å². The first-order chi connectivity index (χ1) is 17.9. The molecule has 7 heteroatoms. The van der Waals surface area contributed by atoms with Crippen LogP contribution in [0.2, 0.25) is 0 Å². The molecule has 0 unspecified atom stereocenters. The van der Waals surface area contributed by atoms with Crippen molar-refractivity contribution in [2.24, 2.45) is 0 Å². The van der Waals surface area contributed by atoms with Crippen LogP contribution in [0.4, 0.5) is 0 Å². The van der Waals surface area contributed by atoms with Crippen LogP contribution < -0.4 is 4.74 Å². The summed E-state index contributed by atoms with van der Waals surface area (Å²) in [6.07, 6.45) is 0.717. The van der Waals surface area contributed by atoms with E-state index in [1.165, 1.54) is 12.1 Å². The topological polar surface area (TPSA) is 77.8 Å². The number of fused-ring (bicyclic) bond motifs is 1. The third-order valence-corrected chi connectivity index (χ3v) is 7.50. The van der Waals surface area contributed by atoms with E-state index in [2.05, 4.69) is 0 Å². The minimum Gasteiger partial charge on any atom is -0.457 e. The van der Waals surface area contributed by atoms with Gasteiger partial charge in [0.05, 0.1) is 23.1 Å². The van der Waals surface area contributed by atoms with Crippen molar-refractivity contribution in [3.05, 3.63) is 127 Å². The Morgan fingerprint density at radius 3 is 2.19 bits per heavy atom. The molecular formula is C30H27NO5S. The summed E-state index contributed by atoms with van der Waals surface area (Å²) in [7, 11) is -4.03. The average molecular weight is 514 g/mol. The van der Waals surface area contributed by atoms with Crippen molar-refractivity contribution in [3.8, 4) is 11.5 Å². The monoisotopic (exact) mass is 513 g/mol. The fourth-order valence-electron chi connectivity index (χ4n) is 4.35. The molecule has 0 saturated heterocycles. The van der Waals surface area contributed by atoms with Crippen molar-refractivity contribution in [3.63, 3.8) is 0 Å². The largest absolute Gasteiger partial charge is 0.457 e. The molecule has 6 nitrogen and oxygen atoms in total. The van der Waals surface area contributed by atoms with Crippen LogP contribution in [0.1, 0.15) is 17.2 Å². The van der Waals surface area contributed by atoms with Gasteiger partial charge >= 0.3 is 0 Å². The van der Waals surface area contributed by atoms with Gasteiger partial charge in [-0.25, -0.2) is 0 Å². The highest BCUT2D eigenvalue weighted by Crippen LogP contribution is 2.34. The minimum absolute atomic E-state index is 0.0516. The Balaban J connectivity index is 1.47. The third kappa shape index (κ3) is 5.44. The second kappa shape index (κ2) is 10.6. The van der Waals surface area contributed by atoms with Crippen molar-refractivity contribution < 1.29 is 22.4 Å². The molecule has 5 aromatic rings. The highest BCUT2D eigenvalue weighted by Gasteiger charge is 2.27. The Bertz CT molecular complexity index is 1580. The molecule has 1 N–H and O–H groups in total. The summed E-state index contributed by atoms with van der Waals surface area (Å²) in [5.41, 5.74) is 2.60. The van der Waals surface area contributed by atoms with Crippen molar-refractivity contribution >= 4 is 21.0 Å². The molecule has 2 atom stereocenters. The van der Waals surface area contributed by atoms with E-state index >= 15 is 0 Å². The molecule has 5 rings (SSSR count). The fourth-order valence-corrected chi connectivity index (χ4v) is 5.27. The zero-order chi connectivity index (χ0) is 25.8. The normalized spacial score (nSPS) is 13.4. The summed E-state index contributed by atoms with van der Waals surface area (Å²) in [4.78, 5) is 0.0516. The van der Waals surface area contributed by atoms with Gasteiger partial charge in [-0.2, -0.15) is 8.42 Å². The van der Waals surface area contributed by atoms with E-state index in [9.17, 15) is 13.5 Å². The Labute approximate surface area is 216 Å². The summed E-state index contributed by atoms with van der Waals surface area (Å²) in [5.74, 6) is 1.40. The summed E-state index contributed by atoms with van der Waals surface area (Å²) >= 11 is 0. The predicted molar refractivity (Wildman–Crippen MR) is 143 cm³/mol. The molecule has 4 aromatic carbocycles. The lowest BCUT2D eigenvalue weighted by Crippen LogP contribution is -2.30. The Hall–Kier alpha value is -3.91. The molecule has 0 spiro atoms. The summed E-state index contributed by atoms with van der Waals surface area (Å²) in [6.45, 7) is 1.47. The fraction of sp³-hybridized carbons (Fsp3) is 0.133. The second-order valence-electron chi connectivity index (χ2n) is 8.80. The van der Waals surface area contributed by atoms with Crippen LogP contribution in [0.5, 0.6) is 11.5 Å². The Morgan fingerprint density at radius 2 is 1.49 bits per heavy atom. The highest BCUT2D eigenvalue weighted by molar-refractivity contribution is 7.86. The number of aromatic nitrogens is 1. The molecular weight excluding hydrogens is 486 g/mol. The molecule has 0 aliphatic heterocycles. The number of benzene rings is 4. The van der Waals surface area contributed by atoms with Gasteiger partial charge in [-0.15, -0.1) is 0 Å². The molecule has 0 saturated carbocycles. The maximum Gasteiger partial charge on any atom is 0.297 e.